The number of carbonyl (C=O) groups excluding carboxylic acids is 1. The van der Waals surface area contributed by atoms with Gasteiger partial charge in [0, 0.05) is 12.6 Å². The number of carbonyl (C=O) groups is 1. The van der Waals surface area contributed by atoms with E-state index in [4.69, 9.17) is 0 Å². The molecular weight excluding hydrogens is 403 g/mol. The van der Waals surface area contributed by atoms with Gasteiger partial charge in [0.15, 0.2) is 20.8 Å². The highest BCUT2D eigenvalue weighted by molar-refractivity contribution is 7.99. The predicted molar refractivity (Wildman–Crippen MR) is 106 cm³/mol. The molecule has 10 heteroatoms. The molecule has 0 spiro atoms. The number of rotatable bonds is 7. The van der Waals surface area contributed by atoms with Gasteiger partial charge < -0.3 is 9.88 Å². The van der Waals surface area contributed by atoms with Crippen molar-refractivity contribution in [1.29, 1.82) is 0 Å². The summed E-state index contributed by atoms with van der Waals surface area (Å²) in [5.41, 5.74) is 0.364. The fourth-order valence-electron chi connectivity index (χ4n) is 3.08. The summed E-state index contributed by atoms with van der Waals surface area (Å²) in [6.07, 6.45) is 0.444. The number of nitrogens with one attached hydrogen (secondary N) is 1. The van der Waals surface area contributed by atoms with Gasteiger partial charge in [0.1, 0.15) is 5.82 Å². The number of thioether (sulfide) groups is 1. The zero-order valence-corrected chi connectivity index (χ0v) is 17.4. The first-order valence-corrected chi connectivity index (χ1v) is 11.9. The Bertz CT molecular complexity index is 959. The van der Waals surface area contributed by atoms with Gasteiger partial charge in [0.25, 0.3) is 0 Å². The Morgan fingerprint density at radius 2 is 2.11 bits per heavy atom. The van der Waals surface area contributed by atoms with Crippen LogP contribution >= 0.6 is 11.8 Å². The van der Waals surface area contributed by atoms with Crippen LogP contribution < -0.4 is 5.32 Å². The molecule has 3 rings (SSSR count). The van der Waals surface area contributed by atoms with E-state index in [0.29, 0.717) is 29.5 Å². The Morgan fingerprint density at radius 1 is 1.36 bits per heavy atom. The molecule has 28 heavy (non-hydrogen) atoms. The third-order valence-corrected chi connectivity index (χ3v) is 7.04. The van der Waals surface area contributed by atoms with Gasteiger partial charge in [-0.25, -0.2) is 12.8 Å². The molecule has 1 aromatic heterocycles. The van der Waals surface area contributed by atoms with Crippen LogP contribution in [0.15, 0.2) is 29.4 Å². The zero-order valence-electron chi connectivity index (χ0n) is 15.8. The summed E-state index contributed by atoms with van der Waals surface area (Å²) in [6.45, 7) is 4.65. The smallest absolute Gasteiger partial charge is 0.230 e. The number of hydrogen-bond donors (Lipinski definition) is 1. The molecule has 1 unspecified atom stereocenters. The van der Waals surface area contributed by atoms with E-state index >= 15 is 0 Å². The van der Waals surface area contributed by atoms with E-state index in [1.807, 2.05) is 18.4 Å². The van der Waals surface area contributed by atoms with Crippen LogP contribution in [-0.4, -0.2) is 52.4 Å². The quantitative estimate of drug-likeness (QED) is 0.682. The van der Waals surface area contributed by atoms with Crippen LogP contribution in [0.1, 0.15) is 20.3 Å². The van der Waals surface area contributed by atoms with Crippen molar-refractivity contribution >= 4 is 27.5 Å². The van der Waals surface area contributed by atoms with Crippen molar-refractivity contribution < 1.29 is 17.6 Å². The Hall–Kier alpha value is -1.94. The molecule has 1 aliphatic rings. The van der Waals surface area contributed by atoms with Crippen molar-refractivity contribution in [1.82, 2.24) is 20.1 Å². The minimum absolute atomic E-state index is 0.00955. The first-order chi connectivity index (χ1) is 13.2. The van der Waals surface area contributed by atoms with Crippen LogP contribution in [-0.2, 0) is 21.2 Å². The summed E-state index contributed by atoms with van der Waals surface area (Å²) in [5.74, 6) is 0.263. The lowest BCUT2D eigenvalue weighted by atomic mass is 10.2. The van der Waals surface area contributed by atoms with E-state index < -0.39 is 9.84 Å². The second-order valence-corrected chi connectivity index (χ2v) is 10.4. The van der Waals surface area contributed by atoms with E-state index in [1.165, 1.54) is 17.8 Å². The molecule has 0 bridgehead atoms. The van der Waals surface area contributed by atoms with Crippen molar-refractivity contribution in [2.24, 2.45) is 5.92 Å². The van der Waals surface area contributed by atoms with Crippen LogP contribution in [0.5, 0.6) is 0 Å². The molecule has 1 atom stereocenters. The Kier molecular flexibility index (Phi) is 6.39. The molecule has 0 aliphatic carbocycles. The summed E-state index contributed by atoms with van der Waals surface area (Å²) < 4.78 is 39.0. The largest absolute Gasteiger partial charge is 0.352 e. The topological polar surface area (TPSA) is 94.0 Å². The molecule has 2 aromatic rings. The maximum Gasteiger partial charge on any atom is 0.230 e. The van der Waals surface area contributed by atoms with Crippen molar-refractivity contribution in [2.45, 2.75) is 38.0 Å². The Morgan fingerprint density at radius 3 is 2.75 bits per heavy atom. The molecule has 7 nitrogen and oxygen atoms in total. The van der Waals surface area contributed by atoms with Crippen LogP contribution in [0.4, 0.5) is 4.39 Å². The van der Waals surface area contributed by atoms with E-state index in [9.17, 15) is 17.6 Å². The van der Waals surface area contributed by atoms with E-state index in [2.05, 4.69) is 15.5 Å². The van der Waals surface area contributed by atoms with Crippen molar-refractivity contribution in [3.05, 3.63) is 30.1 Å². The lowest BCUT2D eigenvalue weighted by Crippen LogP contribution is -2.36. The third kappa shape index (κ3) is 5.11. The van der Waals surface area contributed by atoms with Crippen LogP contribution in [0.25, 0.3) is 11.4 Å². The average Bonchev–Trinajstić information content (AvgIpc) is 3.16. The molecule has 1 N–H and O–H groups in total. The minimum Gasteiger partial charge on any atom is -0.352 e. The summed E-state index contributed by atoms with van der Waals surface area (Å²) >= 11 is 1.21. The fraction of sp³-hybridized carbons (Fsp3) is 0.500. The predicted octanol–water partition coefficient (Wildman–Crippen LogP) is 2.14. The third-order valence-electron chi connectivity index (χ3n) is 4.31. The van der Waals surface area contributed by atoms with Crippen molar-refractivity contribution in [3.63, 3.8) is 0 Å². The number of halogens is 1. The number of hydrogen-bond acceptors (Lipinski definition) is 6. The molecule has 1 fully saturated rings. The maximum atomic E-state index is 14.2. The molecular formula is C18H23FN4O3S2. The van der Waals surface area contributed by atoms with Gasteiger partial charge >= 0.3 is 0 Å². The monoisotopic (exact) mass is 426 g/mol. The normalized spacial score (nSPS) is 18.5. The highest BCUT2D eigenvalue weighted by Crippen LogP contribution is 2.27. The standard InChI is InChI=1S/C18H23FN4O3S2/c1-12(2)9-23-17(14-5-3-4-6-15(14)19)21-22-18(23)27-10-16(24)20-13-7-8-28(25,26)11-13/h3-6,12-13H,7-11H2,1-2H3,(H,20,24). The summed E-state index contributed by atoms with van der Waals surface area (Å²) in [4.78, 5) is 12.2. The van der Waals surface area contributed by atoms with E-state index in [0.717, 1.165) is 0 Å². The molecule has 0 radical (unpaired) electrons. The van der Waals surface area contributed by atoms with Crippen LogP contribution in [0, 0.1) is 11.7 Å². The number of nitrogens with zero attached hydrogens (tertiary/aromatic N) is 3. The van der Waals surface area contributed by atoms with E-state index in [1.54, 1.807) is 18.2 Å². The lowest BCUT2D eigenvalue weighted by Gasteiger charge is -2.13. The van der Waals surface area contributed by atoms with Crippen molar-refractivity contribution in [3.8, 4) is 11.4 Å². The van der Waals surface area contributed by atoms with E-state index in [-0.39, 0.29) is 40.9 Å². The number of aromatic nitrogens is 3. The van der Waals surface area contributed by atoms with Crippen LogP contribution in [0.2, 0.25) is 0 Å². The minimum atomic E-state index is -3.04. The molecule has 1 amide bonds. The lowest BCUT2D eigenvalue weighted by molar-refractivity contribution is -0.119. The molecule has 0 saturated carbocycles. The SMILES string of the molecule is CC(C)Cn1c(SCC(=O)NC2CCS(=O)(=O)C2)nnc1-c1ccccc1F. The summed E-state index contributed by atoms with van der Waals surface area (Å²) in [5, 5.41) is 11.6. The Balaban J connectivity index is 1.71. The van der Waals surface area contributed by atoms with Gasteiger partial charge in [-0.1, -0.05) is 37.7 Å². The van der Waals surface area contributed by atoms with Crippen molar-refractivity contribution in [2.75, 3.05) is 17.3 Å². The molecule has 2 heterocycles. The first kappa shape index (κ1) is 20.8. The zero-order chi connectivity index (χ0) is 20.3. The average molecular weight is 427 g/mol. The van der Waals surface area contributed by atoms with Crippen LogP contribution in [0.3, 0.4) is 0 Å². The summed E-state index contributed by atoms with van der Waals surface area (Å²) in [6, 6.07) is 6.05. The highest BCUT2D eigenvalue weighted by atomic mass is 32.2. The van der Waals surface area contributed by atoms with Gasteiger partial charge in [-0.15, -0.1) is 10.2 Å². The van der Waals surface area contributed by atoms with Gasteiger partial charge in [-0.3, -0.25) is 4.79 Å². The Labute approximate surface area is 168 Å². The number of amides is 1. The fourth-order valence-corrected chi connectivity index (χ4v) is 5.51. The maximum absolute atomic E-state index is 14.2. The molecule has 152 valence electrons. The van der Waals surface area contributed by atoms with Gasteiger partial charge in [-0.2, -0.15) is 0 Å². The first-order valence-electron chi connectivity index (χ1n) is 9.06. The van der Waals surface area contributed by atoms with Gasteiger partial charge in [0.2, 0.25) is 5.91 Å². The second kappa shape index (κ2) is 8.60. The molecule has 1 saturated heterocycles. The molecule has 1 aromatic carbocycles. The highest BCUT2D eigenvalue weighted by Gasteiger charge is 2.29. The van der Waals surface area contributed by atoms with Gasteiger partial charge in [0.05, 0.1) is 22.8 Å². The number of sulfone groups is 1. The van der Waals surface area contributed by atoms with Gasteiger partial charge in [-0.05, 0) is 24.5 Å². The molecule has 1 aliphatic heterocycles. The second-order valence-electron chi connectivity index (χ2n) is 7.25. The summed E-state index contributed by atoms with van der Waals surface area (Å²) in [7, 11) is -3.04. The number of benzene rings is 1.